The minimum absolute atomic E-state index is 0.202. The lowest BCUT2D eigenvalue weighted by Crippen LogP contribution is -2.43. The molecule has 0 saturated carbocycles. The van der Waals surface area contributed by atoms with Gasteiger partial charge < -0.3 is 15.4 Å². The van der Waals surface area contributed by atoms with Crippen molar-refractivity contribution in [2.24, 2.45) is 11.7 Å². The van der Waals surface area contributed by atoms with Gasteiger partial charge in [-0.15, -0.1) is 0 Å². The topological polar surface area (TPSA) is 58.8 Å². The van der Waals surface area contributed by atoms with Gasteiger partial charge in [-0.2, -0.15) is 0 Å². The van der Waals surface area contributed by atoms with Gasteiger partial charge in [0.25, 0.3) is 0 Å². The number of piperidine rings is 1. The summed E-state index contributed by atoms with van der Waals surface area (Å²) in [5.41, 5.74) is 5.44. The molecule has 1 amide bonds. The molecule has 1 saturated heterocycles. The predicted octanol–water partition coefficient (Wildman–Crippen LogP) is 0.152. The fourth-order valence-electron chi connectivity index (χ4n) is 2.31. The van der Waals surface area contributed by atoms with Crippen molar-refractivity contribution in [3.05, 3.63) is 0 Å². The van der Waals surface area contributed by atoms with E-state index >= 15 is 0 Å². The average molecular weight is 257 g/mol. The maximum atomic E-state index is 11.9. The lowest BCUT2D eigenvalue weighted by Gasteiger charge is -2.32. The van der Waals surface area contributed by atoms with Gasteiger partial charge in [-0.3, -0.25) is 9.69 Å². The SMILES string of the molecule is COCC1CCN(CC(=O)N(C)CCCN)CC1. The molecule has 2 N–H and O–H groups in total. The number of hydrogen-bond donors (Lipinski definition) is 1. The zero-order valence-electron chi connectivity index (χ0n) is 11.7. The van der Waals surface area contributed by atoms with Crippen LogP contribution in [-0.2, 0) is 9.53 Å². The fraction of sp³-hybridized carbons (Fsp3) is 0.923. The predicted molar refractivity (Wildman–Crippen MR) is 72.3 cm³/mol. The van der Waals surface area contributed by atoms with Gasteiger partial charge in [-0.25, -0.2) is 0 Å². The van der Waals surface area contributed by atoms with Gasteiger partial charge in [0, 0.05) is 27.3 Å². The van der Waals surface area contributed by atoms with Gasteiger partial charge in [0.05, 0.1) is 6.54 Å². The molecule has 1 aliphatic heterocycles. The highest BCUT2D eigenvalue weighted by atomic mass is 16.5. The van der Waals surface area contributed by atoms with E-state index < -0.39 is 0 Å². The number of rotatable bonds is 7. The van der Waals surface area contributed by atoms with Gasteiger partial charge in [-0.05, 0) is 44.8 Å². The van der Waals surface area contributed by atoms with E-state index in [1.165, 1.54) is 0 Å². The molecule has 1 aliphatic rings. The Morgan fingerprint density at radius 3 is 2.67 bits per heavy atom. The van der Waals surface area contributed by atoms with Crippen LogP contribution in [0.1, 0.15) is 19.3 Å². The van der Waals surface area contributed by atoms with Crippen LogP contribution < -0.4 is 5.73 Å². The number of amides is 1. The van der Waals surface area contributed by atoms with E-state index in [4.69, 9.17) is 10.5 Å². The van der Waals surface area contributed by atoms with Gasteiger partial charge in [0.1, 0.15) is 0 Å². The number of carbonyl (C=O) groups excluding carboxylic acids is 1. The monoisotopic (exact) mass is 257 g/mol. The third-order valence-electron chi connectivity index (χ3n) is 3.59. The Morgan fingerprint density at radius 1 is 1.44 bits per heavy atom. The molecular weight excluding hydrogens is 230 g/mol. The van der Waals surface area contributed by atoms with Gasteiger partial charge in [0.2, 0.25) is 5.91 Å². The molecule has 18 heavy (non-hydrogen) atoms. The lowest BCUT2D eigenvalue weighted by molar-refractivity contribution is -0.131. The summed E-state index contributed by atoms with van der Waals surface area (Å²) in [6, 6.07) is 0. The third-order valence-corrected chi connectivity index (χ3v) is 3.59. The van der Waals surface area contributed by atoms with E-state index in [-0.39, 0.29) is 5.91 Å². The first kappa shape index (κ1) is 15.4. The minimum atomic E-state index is 0.202. The van der Waals surface area contributed by atoms with Crippen LogP contribution in [0.2, 0.25) is 0 Å². The summed E-state index contributed by atoms with van der Waals surface area (Å²) in [4.78, 5) is 16.0. The van der Waals surface area contributed by atoms with Crippen molar-refractivity contribution in [2.45, 2.75) is 19.3 Å². The smallest absolute Gasteiger partial charge is 0.236 e. The van der Waals surface area contributed by atoms with Crippen LogP contribution in [0.15, 0.2) is 0 Å². The Kier molecular flexibility index (Phi) is 7.23. The molecule has 1 heterocycles. The molecule has 0 aromatic rings. The van der Waals surface area contributed by atoms with E-state index in [2.05, 4.69) is 4.90 Å². The fourth-order valence-corrected chi connectivity index (χ4v) is 2.31. The Morgan fingerprint density at radius 2 is 2.11 bits per heavy atom. The van der Waals surface area contributed by atoms with Crippen LogP contribution in [0.25, 0.3) is 0 Å². The van der Waals surface area contributed by atoms with Crippen LogP contribution in [0.4, 0.5) is 0 Å². The second-order valence-corrected chi connectivity index (χ2v) is 5.13. The molecule has 0 unspecified atom stereocenters. The Balaban J connectivity index is 2.21. The molecule has 0 aromatic heterocycles. The second-order valence-electron chi connectivity index (χ2n) is 5.13. The number of nitrogens with zero attached hydrogens (tertiary/aromatic N) is 2. The Hall–Kier alpha value is -0.650. The summed E-state index contributed by atoms with van der Waals surface area (Å²) in [6.07, 6.45) is 3.14. The van der Waals surface area contributed by atoms with Crippen LogP contribution in [-0.4, -0.2) is 69.2 Å². The highest BCUT2D eigenvalue weighted by molar-refractivity contribution is 5.77. The van der Waals surface area contributed by atoms with E-state index in [9.17, 15) is 4.79 Å². The first-order valence-electron chi connectivity index (χ1n) is 6.82. The van der Waals surface area contributed by atoms with E-state index in [0.29, 0.717) is 19.0 Å². The summed E-state index contributed by atoms with van der Waals surface area (Å²) in [5, 5.41) is 0. The van der Waals surface area contributed by atoms with Crippen molar-refractivity contribution >= 4 is 5.91 Å². The Labute approximate surface area is 110 Å². The van der Waals surface area contributed by atoms with E-state index in [1.54, 1.807) is 12.0 Å². The number of nitrogens with two attached hydrogens (primary N) is 1. The van der Waals surface area contributed by atoms with Crippen molar-refractivity contribution in [3.8, 4) is 0 Å². The summed E-state index contributed by atoms with van der Waals surface area (Å²) >= 11 is 0. The minimum Gasteiger partial charge on any atom is -0.384 e. The highest BCUT2D eigenvalue weighted by Crippen LogP contribution is 2.17. The first-order valence-corrected chi connectivity index (χ1v) is 6.82. The summed E-state index contributed by atoms with van der Waals surface area (Å²) in [6.45, 7) is 4.80. The normalized spacial score (nSPS) is 17.9. The zero-order chi connectivity index (χ0) is 13.4. The van der Waals surface area contributed by atoms with Crippen LogP contribution in [0.5, 0.6) is 0 Å². The van der Waals surface area contributed by atoms with Crippen molar-refractivity contribution in [3.63, 3.8) is 0 Å². The lowest BCUT2D eigenvalue weighted by atomic mass is 9.98. The second kappa shape index (κ2) is 8.45. The average Bonchev–Trinajstić information content (AvgIpc) is 2.38. The van der Waals surface area contributed by atoms with Gasteiger partial charge in [0.15, 0.2) is 0 Å². The molecule has 1 rings (SSSR count). The van der Waals surface area contributed by atoms with Crippen LogP contribution in [0.3, 0.4) is 0 Å². The highest BCUT2D eigenvalue weighted by Gasteiger charge is 2.21. The van der Waals surface area contributed by atoms with Crippen molar-refractivity contribution in [1.82, 2.24) is 9.80 Å². The molecule has 0 spiro atoms. The van der Waals surface area contributed by atoms with Gasteiger partial charge in [-0.1, -0.05) is 0 Å². The van der Waals surface area contributed by atoms with E-state index in [0.717, 1.165) is 45.5 Å². The summed E-state index contributed by atoms with van der Waals surface area (Å²) in [7, 11) is 3.61. The summed E-state index contributed by atoms with van der Waals surface area (Å²) in [5.74, 6) is 0.866. The van der Waals surface area contributed by atoms with Gasteiger partial charge >= 0.3 is 0 Å². The largest absolute Gasteiger partial charge is 0.384 e. The van der Waals surface area contributed by atoms with Crippen molar-refractivity contribution in [1.29, 1.82) is 0 Å². The van der Waals surface area contributed by atoms with Crippen molar-refractivity contribution in [2.75, 3.05) is 53.5 Å². The number of likely N-dealkylation sites (N-methyl/N-ethyl adjacent to an activating group) is 1. The number of likely N-dealkylation sites (tertiary alicyclic amines) is 1. The number of ether oxygens (including phenoxy) is 1. The molecule has 0 aromatic carbocycles. The molecule has 0 bridgehead atoms. The molecule has 5 heteroatoms. The number of methoxy groups -OCH3 is 1. The molecule has 0 radical (unpaired) electrons. The molecule has 0 atom stereocenters. The third kappa shape index (κ3) is 5.33. The summed E-state index contributed by atoms with van der Waals surface area (Å²) < 4.78 is 5.17. The zero-order valence-corrected chi connectivity index (χ0v) is 11.7. The maximum absolute atomic E-state index is 11.9. The molecule has 5 nitrogen and oxygen atoms in total. The van der Waals surface area contributed by atoms with E-state index in [1.807, 2.05) is 7.05 Å². The molecule has 106 valence electrons. The number of carbonyl (C=O) groups is 1. The quantitative estimate of drug-likeness (QED) is 0.705. The van der Waals surface area contributed by atoms with Crippen LogP contribution >= 0.6 is 0 Å². The molecule has 1 fully saturated rings. The standard InChI is InChI=1S/C13H27N3O2/c1-15(7-3-6-14)13(17)10-16-8-4-12(5-9-16)11-18-2/h12H,3-11,14H2,1-2H3. The Bertz CT molecular complexity index is 240. The molecular formula is C13H27N3O2. The van der Waals surface area contributed by atoms with Crippen molar-refractivity contribution < 1.29 is 9.53 Å². The maximum Gasteiger partial charge on any atom is 0.236 e. The first-order chi connectivity index (χ1) is 8.67. The number of hydrogen-bond acceptors (Lipinski definition) is 4. The molecule has 0 aliphatic carbocycles. The van der Waals surface area contributed by atoms with Crippen LogP contribution in [0, 0.1) is 5.92 Å².